The number of carboxylic acid groups (broad SMARTS) is 1. The van der Waals surface area contributed by atoms with Gasteiger partial charge in [0.25, 0.3) is 0 Å². The van der Waals surface area contributed by atoms with Crippen molar-refractivity contribution in [2.45, 2.75) is 59.5 Å². The van der Waals surface area contributed by atoms with Crippen molar-refractivity contribution in [3.63, 3.8) is 0 Å². The number of carboxylic acids is 1. The fourth-order valence-corrected chi connectivity index (χ4v) is 2.26. The number of aliphatic carboxylic acids is 1. The van der Waals surface area contributed by atoms with E-state index in [1.807, 2.05) is 13.0 Å². The second-order valence-electron chi connectivity index (χ2n) is 6.84. The van der Waals surface area contributed by atoms with Gasteiger partial charge < -0.3 is 15.5 Å². The Morgan fingerprint density at radius 3 is 2.17 bits per heavy atom. The predicted molar refractivity (Wildman–Crippen MR) is 87.9 cm³/mol. The molecule has 0 spiro atoms. The van der Waals surface area contributed by atoms with Crippen LogP contribution < -0.4 is 5.32 Å². The number of hydrogen-bond donors (Lipinski definition) is 3. The lowest BCUT2D eigenvalue weighted by molar-refractivity contribution is -0.171. The van der Waals surface area contributed by atoms with E-state index in [0.717, 1.165) is 6.42 Å². The molecule has 0 aromatic rings. The van der Waals surface area contributed by atoms with Gasteiger partial charge in [0.2, 0.25) is 11.5 Å². The Labute approximate surface area is 138 Å². The first-order valence-electron chi connectivity index (χ1n) is 7.89. The largest absolute Gasteiger partial charge is 0.479 e. The zero-order valence-electron chi connectivity index (χ0n) is 14.7. The van der Waals surface area contributed by atoms with Gasteiger partial charge in [-0.1, -0.05) is 46.8 Å². The standard InChI is InChI=1S/C17H29NO5/c1-6-7-8-9-13(19)18-11-16(4,5)14(20)17(23,15(21)22)10-12(2)3/h7-8,12,23H,6,9-11H2,1-5H3,(H,18,19)(H,21,22)/b8-7+. The van der Waals surface area contributed by atoms with Crippen molar-refractivity contribution in [1.82, 2.24) is 5.32 Å². The molecule has 0 aliphatic carbocycles. The second kappa shape index (κ2) is 8.82. The van der Waals surface area contributed by atoms with Crippen molar-refractivity contribution < 1.29 is 24.6 Å². The number of ketones is 1. The van der Waals surface area contributed by atoms with Gasteiger partial charge in [-0.3, -0.25) is 9.59 Å². The number of Topliss-reactive ketones (excluding diaryl/α,β-unsaturated/α-hetero) is 1. The predicted octanol–water partition coefficient (Wildman–Crippen LogP) is 1.92. The maximum atomic E-state index is 12.5. The van der Waals surface area contributed by atoms with Crippen molar-refractivity contribution in [3.05, 3.63) is 12.2 Å². The Morgan fingerprint density at radius 2 is 1.74 bits per heavy atom. The summed E-state index contributed by atoms with van der Waals surface area (Å²) < 4.78 is 0. The molecular formula is C17H29NO5. The third-order valence-electron chi connectivity index (χ3n) is 3.48. The topological polar surface area (TPSA) is 104 Å². The monoisotopic (exact) mass is 327 g/mol. The van der Waals surface area contributed by atoms with Crippen LogP contribution in [0.2, 0.25) is 0 Å². The van der Waals surface area contributed by atoms with E-state index in [9.17, 15) is 24.6 Å². The maximum Gasteiger partial charge on any atom is 0.343 e. The third-order valence-corrected chi connectivity index (χ3v) is 3.48. The highest BCUT2D eigenvalue weighted by atomic mass is 16.4. The Balaban J connectivity index is 4.96. The molecule has 0 heterocycles. The van der Waals surface area contributed by atoms with E-state index < -0.39 is 22.8 Å². The molecule has 1 amide bonds. The van der Waals surface area contributed by atoms with E-state index in [1.54, 1.807) is 19.9 Å². The number of nitrogens with one attached hydrogen (secondary N) is 1. The number of aliphatic hydroxyl groups is 1. The molecule has 0 rings (SSSR count). The molecule has 0 saturated carbocycles. The zero-order valence-corrected chi connectivity index (χ0v) is 14.7. The Kier molecular flexibility index (Phi) is 8.17. The van der Waals surface area contributed by atoms with Crippen LogP contribution in [0.25, 0.3) is 0 Å². The van der Waals surface area contributed by atoms with E-state index in [2.05, 4.69) is 5.32 Å². The molecule has 0 fully saturated rings. The lowest BCUT2D eigenvalue weighted by Gasteiger charge is -2.32. The van der Waals surface area contributed by atoms with Gasteiger partial charge in [0, 0.05) is 18.4 Å². The fraction of sp³-hybridized carbons (Fsp3) is 0.706. The molecule has 0 aliphatic rings. The molecule has 0 aromatic heterocycles. The van der Waals surface area contributed by atoms with Crippen LogP contribution in [0.1, 0.15) is 53.9 Å². The van der Waals surface area contributed by atoms with E-state index in [-0.39, 0.29) is 31.2 Å². The quantitative estimate of drug-likeness (QED) is 0.420. The molecule has 1 atom stereocenters. The van der Waals surface area contributed by atoms with Crippen molar-refractivity contribution in [1.29, 1.82) is 0 Å². The van der Waals surface area contributed by atoms with Crippen LogP contribution in [-0.2, 0) is 14.4 Å². The Morgan fingerprint density at radius 1 is 1.17 bits per heavy atom. The van der Waals surface area contributed by atoms with Crippen molar-refractivity contribution >= 4 is 17.7 Å². The minimum Gasteiger partial charge on any atom is -0.479 e. The molecule has 1 unspecified atom stereocenters. The molecule has 0 bridgehead atoms. The zero-order chi connectivity index (χ0) is 18.3. The van der Waals surface area contributed by atoms with Crippen molar-refractivity contribution in [3.8, 4) is 0 Å². The summed E-state index contributed by atoms with van der Waals surface area (Å²) in [5.41, 5.74) is -3.63. The molecule has 0 radical (unpaired) electrons. The molecule has 3 N–H and O–H groups in total. The number of carbonyl (C=O) groups is 3. The van der Waals surface area contributed by atoms with Crippen LogP contribution in [0.3, 0.4) is 0 Å². The van der Waals surface area contributed by atoms with Crippen LogP contribution in [0.5, 0.6) is 0 Å². The van der Waals surface area contributed by atoms with E-state index in [4.69, 9.17) is 0 Å². The number of amides is 1. The Hall–Kier alpha value is -1.69. The molecule has 6 heteroatoms. The first-order valence-corrected chi connectivity index (χ1v) is 7.89. The van der Waals surface area contributed by atoms with E-state index >= 15 is 0 Å². The summed E-state index contributed by atoms with van der Waals surface area (Å²) in [6.45, 7) is 8.43. The van der Waals surface area contributed by atoms with E-state index in [0.29, 0.717) is 0 Å². The number of hydrogen-bond acceptors (Lipinski definition) is 4. The SMILES string of the molecule is CC/C=C/CC(=O)NCC(C)(C)C(=O)C(O)(CC(C)C)C(=O)O. The summed E-state index contributed by atoms with van der Waals surface area (Å²) in [6, 6.07) is 0. The summed E-state index contributed by atoms with van der Waals surface area (Å²) in [5.74, 6) is -2.76. The summed E-state index contributed by atoms with van der Waals surface area (Å²) in [6.07, 6.45) is 4.46. The van der Waals surface area contributed by atoms with Crippen LogP contribution in [0.15, 0.2) is 12.2 Å². The second-order valence-corrected chi connectivity index (χ2v) is 6.84. The van der Waals surface area contributed by atoms with Crippen molar-refractivity contribution in [2.75, 3.05) is 6.54 Å². The molecular weight excluding hydrogens is 298 g/mol. The Bertz CT molecular complexity index is 468. The van der Waals surface area contributed by atoms with Gasteiger partial charge in [0.1, 0.15) is 0 Å². The molecule has 0 aliphatic heterocycles. The average molecular weight is 327 g/mol. The maximum absolute atomic E-state index is 12.5. The van der Waals surface area contributed by atoms with Crippen LogP contribution >= 0.6 is 0 Å². The first-order chi connectivity index (χ1) is 10.5. The van der Waals surface area contributed by atoms with Gasteiger partial charge in [-0.2, -0.15) is 0 Å². The highest BCUT2D eigenvalue weighted by molar-refractivity contribution is 6.08. The summed E-state index contributed by atoms with van der Waals surface area (Å²) in [4.78, 5) is 35.6. The van der Waals surface area contributed by atoms with Gasteiger partial charge in [-0.15, -0.1) is 0 Å². The summed E-state index contributed by atoms with van der Waals surface area (Å²) >= 11 is 0. The number of carbonyl (C=O) groups excluding carboxylic acids is 2. The number of rotatable bonds is 10. The molecule has 6 nitrogen and oxygen atoms in total. The van der Waals surface area contributed by atoms with Gasteiger partial charge in [-0.05, 0) is 18.8 Å². The van der Waals surface area contributed by atoms with Crippen LogP contribution in [-0.4, -0.2) is 40.0 Å². The van der Waals surface area contributed by atoms with Crippen molar-refractivity contribution in [2.24, 2.45) is 11.3 Å². The smallest absolute Gasteiger partial charge is 0.343 e. The fourth-order valence-electron chi connectivity index (χ4n) is 2.26. The highest BCUT2D eigenvalue weighted by Gasteiger charge is 2.50. The van der Waals surface area contributed by atoms with Gasteiger partial charge in [0.05, 0.1) is 0 Å². The van der Waals surface area contributed by atoms with Gasteiger partial charge in [0.15, 0.2) is 5.78 Å². The summed E-state index contributed by atoms with van der Waals surface area (Å²) in [7, 11) is 0. The molecule has 0 aromatic carbocycles. The van der Waals surface area contributed by atoms with E-state index in [1.165, 1.54) is 13.8 Å². The third kappa shape index (κ3) is 6.52. The minimum absolute atomic E-state index is 0.0294. The highest BCUT2D eigenvalue weighted by Crippen LogP contribution is 2.28. The molecule has 132 valence electrons. The molecule has 0 saturated heterocycles. The first kappa shape index (κ1) is 21.3. The summed E-state index contributed by atoms with van der Waals surface area (Å²) in [5, 5.41) is 22.2. The minimum atomic E-state index is -2.44. The number of allylic oxidation sites excluding steroid dienone is 1. The van der Waals surface area contributed by atoms with Gasteiger partial charge in [-0.25, -0.2) is 4.79 Å². The lowest BCUT2D eigenvalue weighted by atomic mass is 9.75. The average Bonchev–Trinajstić information content (AvgIpc) is 2.43. The normalized spacial score (nSPS) is 14.7. The lowest BCUT2D eigenvalue weighted by Crippen LogP contribution is -2.55. The molecule has 23 heavy (non-hydrogen) atoms. The van der Waals surface area contributed by atoms with Crippen LogP contribution in [0.4, 0.5) is 0 Å². The van der Waals surface area contributed by atoms with Gasteiger partial charge >= 0.3 is 5.97 Å². The van der Waals surface area contributed by atoms with Crippen LogP contribution in [0, 0.1) is 11.3 Å².